The lowest BCUT2D eigenvalue weighted by Gasteiger charge is -2.20. The molecule has 0 radical (unpaired) electrons. The third kappa shape index (κ3) is 2.63. The fraction of sp³-hybridized carbons (Fsp3) is 0.214. The van der Waals surface area contributed by atoms with Crippen molar-refractivity contribution in [1.82, 2.24) is 19.7 Å². The molecule has 0 bridgehead atoms. The van der Waals surface area contributed by atoms with Crippen LogP contribution in [0.4, 0.5) is 0 Å². The molecule has 7 heteroatoms. The molecule has 0 aliphatic rings. The van der Waals surface area contributed by atoms with E-state index in [-0.39, 0.29) is 18.1 Å². The molecule has 0 saturated carbocycles. The fourth-order valence-electron chi connectivity index (χ4n) is 1.95. The molecule has 3 rings (SSSR count). The van der Waals surface area contributed by atoms with Gasteiger partial charge in [-0.1, -0.05) is 0 Å². The molecule has 0 spiro atoms. The zero-order valence-corrected chi connectivity index (χ0v) is 11.4. The number of furan rings is 1. The van der Waals surface area contributed by atoms with Crippen LogP contribution in [-0.4, -0.2) is 31.9 Å². The SMILES string of the molecule is CC(O)(CNC(=O)c1cn2cccnc2n1)c1ccco1. The smallest absolute Gasteiger partial charge is 0.271 e. The molecule has 3 heterocycles. The van der Waals surface area contributed by atoms with Crippen molar-refractivity contribution in [2.75, 3.05) is 6.54 Å². The number of rotatable bonds is 4. The number of hydrogen-bond donors (Lipinski definition) is 2. The van der Waals surface area contributed by atoms with Gasteiger partial charge in [0.1, 0.15) is 17.1 Å². The van der Waals surface area contributed by atoms with Crippen molar-refractivity contribution in [1.29, 1.82) is 0 Å². The number of aromatic nitrogens is 3. The van der Waals surface area contributed by atoms with E-state index in [9.17, 15) is 9.90 Å². The summed E-state index contributed by atoms with van der Waals surface area (Å²) in [5.41, 5.74) is -1.04. The number of imidazole rings is 1. The Morgan fingerprint density at radius 2 is 2.38 bits per heavy atom. The molecule has 108 valence electrons. The topological polar surface area (TPSA) is 92.7 Å². The van der Waals surface area contributed by atoms with E-state index in [0.29, 0.717) is 11.5 Å². The van der Waals surface area contributed by atoms with Gasteiger partial charge in [0, 0.05) is 18.6 Å². The van der Waals surface area contributed by atoms with E-state index >= 15 is 0 Å². The first-order valence-corrected chi connectivity index (χ1v) is 6.40. The van der Waals surface area contributed by atoms with E-state index in [2.05, 4.69) is 15.3 Å². The average molecular weight is 286 g/mol. The molecule has 2 N–H and O–H groups in total. The summed E-state index contributed by atoms with van der Waals surface area (Å²) in [6, 6.07) is 5.08. The van der Waals surface area contributed by atoms with Gasteiger partial charge in [-0.25, -0.2) is 9.97 Å². The van der Waals surface area contributed by atoms with Crippen molar-refractivity contribution in [3.8, 4) is 0 Å². The minimum absolute atomic E-state index is 0.0145. The lowest BCUT2D eigenvalue weighted by Crippen LogP contribution is -2.38. The third-order valence-electron chi connectivity index (χ3n) is 3.11. The van der Waals surface area contributed by atoms with Crippen LogP contribution in [0, 0.1) is 0 Å². The van der Waals surface area contributed by atoms with Gasteiger partial charge in [0.2, 0.25) is 5.78 Å². The van der Waals surface area contributed by atoms with E-state index in [1.54, 1.807) is 48.1 Å². The van der Waals surface area contributed by atoms with E-state index in [0.717, 1.165) is 0 Å². The Labute approximate surface area is 120 Å². The fourth-order valence-corrected chi connectivity index (χ4v) is 1.95. The maximum atomic E-state index is 12.1. The molecule has 0 aliphatic carbocycles. The van der Waals surface area contributed by atoms with E-state index in [4.69, 9.17) is 4.42 Å². The van der Waals surface area contributed by atoms with Crippen LogP contribution in [0.25, 0.3) is 5.78 Å². The second-order valence-electron chi connectivity index (χ2n) is 4.89. The average Bonchev–Trinajstić information content (AvgIpc) is 3.13. The largest absolute Gasteiger partial charge is 0.466 e. The number of carbonyl (C=O) groups is 1. The molecule has 0 fully saturated rings. The van der Waals surface area contributed by atoms with Gasteiger partial charge in [-0.3, -0.25) is 9.20 Å². The Kier molecular flexibility index (Phi) is 3.19. The monoisotopic (exact) mass is 286 g/mol. The highest BCUT2D eigenvalue weighted by Gasteiger charge is 2.27. The van der Waals surface area contributed by atoms with E-state index in [1.807, 2.05) is 0 Å². The van der Waals surface area contributed by atoms with Crippen molar-refractivity contribution in [3.05, 3.63) is 54.5 Å². The Balaban J connectivity index is 1.72. The lowest BCUT2D eigenvalue weighted by atomic mass is 10.0. The van der Waals surface area contributed by atoms with Gasteiger partial charge < -0.3 is 14.8 Å². The number of nitrogens with one attached hydrogen (secondary N) is 1. The van der Waals surface area contributed by atoms with Crippen LogP contribution in [0.5, 0.6) is 0 Å². The molecule has 0 saturated heterocycles. The van der Waals surface area contributed by atoms with Crippen LogP contribution in [0.15, 0.2) is 47.5 Å². The van der Waals surface area contributed by atoms with Crippen LogP contribution in [0.2, 0.25) is 0 Å². The molecule has 0 aromatic carbocycles. The second-order valence-corrected chi connectivity index (χ2v) is 4.89. The summed E-state index contributed by atoms with van der Waals surface area (Å²) < 4.78 is 6.81. The zero-order valence-electron chi connectivity index (χ0n) is 11.4. The van der Waals surface area contributed by atoms with Crippen molar-refractivity contribution in [2.45, 2.75) is 12.5 Å². The summed E-state index contributed by atoms with van der Waals surface area (Å²) in [5.74, 6) is 0.451. The Morgan fingerprint density at radius 1 is 1.52 bits per heavy atom. The molecule has 0 aliphatic heterocycles. The number of amides is 1. The van der Waals surface area contributed by atoms with Gasteiger partial charge >= 0.3 is 0 Å². The van der Waals surface area contributed by atoms with Gasteiger partial charge in [0.15, 0.2) is 0 Å². The van der Waals surface area contributed by atoms with Crippen LogP contribution in [0.1, 0.15) is 23.2 Å². The van der Waals surface area contributed by atoms with E-state index in [1.165, 1.54) is 6.26 Å². The number of nitrogens with zero attached hydrogens (tertiary/aromatic N) is 3. The van der Waals surface area contributed by atoms with Crippen LogP contribution in [0.3, 0.4) is 0 Å². The maximum absolute atomic E-state index is 12.1. The number of carbonyl (C=O) groups excluding carboxylic acids is 1. The highest BCUT2D eigenvalue weighted by Crippen LogP contribution is 2.19. The minimum atomic E-state index is -1.28. The first-order chi connectivity index (χ1) is 10.1. The molecule has 1 unspecified atom stereocenters. The molecule has 3 aromatic rings. The predicted molar refractivity (Wildman–Crippen MR) is 73.6 cm³/mol. The number of aliphatic hydroxyl groups is 1. The predicted octanol–water partition coefficient (Wildman–Crippen LogP) is 0.960. The Hall–Kier alpha value is -2.67. The van der Waals surface area contributed by atoms with Gasteiger partial charge in [-0.15, -0.1) is 0 Å². The third-order valence-corrected chi connectivity index (χ3v) is 3.11. The summed E-state index contributed by atoms with van der Waals surface area (Å²) in [4.78, 5) is 20.2. The van der Waals surface area contributed by atoms with Crippen molar-refractivity contribution >= 4 is 11.7 Å². The highest BCUT2D eigenvalue weighted by atomic mass is 16.4. The van der Waals surface area contributed by atoms with Crippen molar-refractivity contribution < 1.29 is 14.3 Å². The van der Waals surface area contributed by atoms with Gasteiger partial charge in [0.25, 0.3) is 5.91 Å². The summed E-state index contributed by atoms with van der Waals surface area (Å²) in [7, 11) is 0. The molecule has 21 heavy (non-hydrogen) atoms. The van der Waals surface area contributed by atoms with Crippen LogP contribution in [-0.2, 0) is 5.60 Å². The Morgan fingerprint density at radius 3 is 3.10 bits per heavy atom. The quantitative estimate of drug-likeness (QED) is 0.745. The normalized spacial score (nSPS) is 14.0. The molecule has 7 nitrogen and oxygen atoms in total. The number of fused-ring (bicyclic) bond motifs is 1. The second kappa shape index (κ2) is 5.02. The first kappa shape index (κ1) is 13.3. The molecule has 1 atom stereocenters. The number of hydrogen-bond acceptors (Lipinski definition) is 5. The summed E-state index contributed by atoms with van der Waals surface area (Å²) in [6.45, 7) is 1.58. The van der Waals surface area contributed by atoms with Crippen LogP contribution < -0.4 is 5.32 Å². The van der Waals surface area contributed by atoms with Crippen molar-refractivity contribution in [2.24, 2.45) is 0 Å². The highest BCUT2D eigenvalue weighted by molar-refractivity contribution is 5.92. The molecule has 1 amide bonds. The molecular formula is C14H14N4O3. The summed E-state index contributed by atoms with van der Waals surface area (Å²) >= 11 is 0. The molecule has 3 aromatic heterocycles. The standard InChI is InChI=1S/C14H14N4O3/c1-14(20,11-4-2-7-21-11)9-16-12(19)10-8-18-6-3-5-15-13(18)17-10/h2-8,20H,9H2,1H3,(H,16,19). The van der Waals surface area contributed by atoms with Crippen molar-refractivity contribution in [3.63, 3.8) is 0 Å². The first-order valence-electron chi connectivity index (χ1n) is 6.40. The maximum Gasteiger partial charge on any atom is 0.271 e. The minimum Gasteiger partial charge on any atom is -0.466 e. The van der Waals surface area contributed by atoms with Gasteiger partial charge in [0.05, 0.1) is 12.8 Å². The van der Waals surface area contributed by atoms with Gasteiger partial charge in [-0.05, 0) is 25.1 Å². The van der Waals surface area contributed by atoms with Gasteiger partial charge in [-0.2, -0.15) is 0 Å². The van der Waals surface area contributed by atoms with E-state index < -0.39 is 5.60 Å². The Bertz CT molecular complexity index is 728. The van der Waals surface area contributed by atoms with Crippen LogP contribution >= 0.6 is 0 Å². The molecular weight excluding hydrogens is 272 g/mol. The summed E-state index contributed by atoms with van der Waals surface area (Å²) in [5, 5.41) is 12.9. The zero-order chi connectivity index (χ0) is 14.9. The summed E-state index contributed by atoms with van der Waals surface area (Å²) in [6.07, 6.45) is 6.41. The lowest BCUT2D eigenvalue weighted by molar-refractivity contribution is 0.0329.